The zero-order chi connectivity index (χ0) is 15.0. The number of nitrogens with zero attached hydrogens (tertiary/aromatic N) is 1. The van der Waals surface area contributed by atoms with E-state index in [2.05, 4.69) is 5.16 Å². The maximum atomic E-state index is 12.3. The van der Waals surface area contributed by atoms with E-state index in [9.17, 15) is 8.42 Å². The van der Waals surface area contributed by atoms with Crippen LogP contribution in [-0.2, 0) is 20.4 Å². The fourth-order valence-corrected chi connectivity index (χ4v) is 3.91. The summed E-state index contributed by atoms with van der Waals surface area (Å²) in [5.41, 5.74) is -0.299. The first kappa shape index (κ1) is 15.9. The molecule has 1 atom stereocenters. The Balaban J connectivity index is 2.21. The Kier molecular flexibility index (Phi) is 4.54. The highest BCUT2D eigenvalue weighted by atomic mass is 35.5. The minimum atomic E-state index is -3.59. The summed E-state index contributed by atoms with van der Waals surface area (Å²) in [6.07, 6.45) is 0.157. The summed E-state index contributed by atoms with van der Waals surface area (Å²) in [4.78, 5) is 5.10. The molecule has 0 fully saturated rings. The lowest BCUT2D eigenvalue weighted by molar-refractivity contribution is 0.0152. The molecule has 110 valence electrons. The van der Waals surface area contributed by atoms with E-state index in [0.29, 0.717) is 15.6 Å². The Labute approximate surface area is 132 Å². The van der Waals surface area contributed by atoms with Crippen LogP contribution in [0.3, 0.4) is 0 Å². The average molecular weight is 357 g/mol. The van der Waals surface area contributed by atoms with Crippen LogP contribution in [0.15, 0.2) is 23.4 Å². The molecule has 1 aromatic rings. The number of halogens is 3. The van der Waals surface area contributed by atoms with Crippen LogP contribution in [0.5, 0.6) is 0 Å². The summed E-state index contributed by atoms with van der Waals surface area (Å²) in [6, 6.07) is 4.68. The van der Waals surface area contributed by atoms with Crippen molar-refractivity contribution in [3.63, 3.8) is 0 Å². The molecule has 0 radical (unpaired) electrons. The van der Waals surface area contributed by atoms with Crippen molar-refractivity contribution in [3.8, 4) is 0 Å². The van der Waals surface area contributed by atoms with Gasteiger partial charge in [0.1, 0.15) is 0 Å². The van der Waals surface area contributed by atoms with Crippen molar-refractivity contribution in [1.29, 1.82) is 0 Å². The van der Waals surface area contributed by atoms with Crippen LogP contribution in [0.25, 0.3) is 0 Å². The summed E-state index contributed by atoms with van der Waals surface area (Å²) in [5, 5.41) is 4.40. The zero-order valence-corrected chi connectivity index (χ0v) is 13.7. The Morgan fingerprint density at radius 1 is 1.40 bits per heavy atom. The zero-order valence-electron chi connectivity index (χ0n) is 10.6. The van der Waals surface area contributed by atoms with Crippen molar-refractivity contribution in [3.05, 3.63) is 33.8 Å². The monoisotopic (exact) mass is 355 g/mol. The molecule has 8 heteroatoms. The lowest BCUT2D eigenvalue weighted by Gasteiger charge is -2.16. The van der Waals surface area contributed by atoms with Crippen molar-refractivity contribution in [2.24, 2.45) is 5.16 Å². The summed E-state index contributed by atoms with van der Waals surface area (Å²) < 4.78 is 24.6. The maximum absolute atomic E-state index is 12.3. The van der Waals surface area contributed by atoms with Crippen LogP contribution < -0.4 is 0 Å². The summed E-state index contributed by atoms with van der Waals surface area (Å²) in [5.74, 6) is -0.0826. The van der Waals surface area contributed by atoms with Crippen LogP contribution in [0.4, 0.5) is 0 Å². The Hall–Kier alpha value is -0.490. The molecule has 2 rings (SSSR count). The second-order valence-electron chi connectivity index (χ2n) is 4.83. The molecule has 0 saturated heterocycles. The van der Waals surface area contributed by atoms with Gasteiger partial charge in [0.25, 0.3) is 0 Å². The summed E-state index contributed by atoms with van der Waals surface area (Å²) in [7, 11) is -3.59. The van der Waals surface area contributed by atoms with Crippen molar-refractivity contribution in [1.82, 2.24) is 0 Å². The van der Waals surface area contributed by atoms with Crippen molar-refractivity contribution >= 4 is 49.7 Å². The fourth-order valence-electron chi connectivity index (χ4n) is 1.71. The lowest BCUT2D eigenvalue weighted by atomic mass is 10.1. The SMILES string of the molecule is CC1(CCl)CC(S(=O)(=O)Cc2ccc(Cl)cc2Cl)=NO1. The van der Waals surface area contributed by atoms with Gasteiger partial charge in [0, 0.05) is 16.5 Å². The third kappa shape index (κ3) is 3.39. The molecule has 1 aromatic carbocycles. The van der Waals surface area contributed by atoms with E-state index in [-0.39, 0.29) is 23.1 Å². The molecule has 1 aliphatic rings. The van der Waals surface area contributed by atoms with E-state index in [1.807, 2.05) is 0 Å². The first-order valence-corrected chi connectivity index (χ1v) is 8.68. The Morgan fingerprint density at radius 3 is 2.65 bits per heavy atom. The standard InChI is InChI=1S/C12H12Cl3NO3S/c1-12(7-13)5-11(16-19-12)20(17,18)6-8-2-3-9(14)4-10(8)15/h2-4H,5-7H2,1H3. The van der Waals surface area contributed by atoms with Crippen molar-refractivity contribution < 1.29 is 13.3 Å². The molecule has 1 unspecified atom stereocenters. The third-order valence-electron chi connectivity index (χ3n) is 2.90. The minimum Gasteiger partial charge on any atom is -0.387 e. The van der Waals surface area contributed by atoms with Gasteiger partial charge in [0.05, 0.1) is 11.6 Å². The van der Waals surface area contributed by atoms with Gasteiger partial charge in [-0.2, -0.15) is 0 Å². The first-order chi connectivity index (χ1) is 9.26. The molecule has 0 spiro atoms. The molecule has 4 nitrogen and oxygen atoms in total. The number of oxime groups is 1. The largest absolute Gasteiger partial charge is 0.387 e. The molecule has 0 N–H and O–H groups in total. The van der Waals surface area contributed by atoms with Gasteiger partial charge in [-0.25, -0.2) is 8.42 Å². The van der Waals surface area contributed by atoms with Crippen LogP contribution in [0, 0.1) is 0 Å². The number of benzene rings is 1. The van der Waals surface area contributed by atoms with E-state index in [1.54, 1.807) is 19.1 Å². The van der Waals surface area contributed by atoms with E-state index < -0.39 is 15.4 Å². The molecule has 1 aliphatic heterocycles. The molecule has 20 heavy (non-hydrogen) atoms. The highest BCUT2D eigenvalue weighted by Gasteiger charge is 2.39. The average Bonchev–Trinajstić information content (AvgIpc) is 2.77. The lowest BCUT2D eigenvalue weighted by Crippen LogP contribution is -2.28. The molecule has 0 aliphatic carbocycles. The first-order valence-electron chi connectivity index (χ1n) is 5.73. The minimum absolute atomic E-state index is 0.00772. The normalized spacial score (nSPS) is 22.5. The number of hydrogen-bond acceptors (Lipinski definition) is 4. The van der Waals surface area contributed by atoms with Gasteiger partial charge in [0.15, 0.2) is 20.5 Å². The van der Waals surface area contributed by atoms with Crippen molar-refractivity contribution in [2.75, 3.05) is 5.88 Å². The maximum Gasteiger partial charge on any atom is 0.199 e. The molecule has 0 saturated carbocycles. The van der Waals surface area contributed by atoms with Gasteiger partial charge in [0.2, 0.25) is 0 Å². The van der Waals surface area contributed by atoms with Crippen LogP contribution in [0.1, 0.15) is 18.9 Å². The predicted molar refractivity (Wildman–Crippen MR) is 81.3 cm³/mol. The highest BCUT2D eigenvalue weighted by molar-refractivity contribution is 8.05. The van der Waals surface area contributed by atoms with E-state index >= 15 is 0 Å². The van der Waals surface area contributed by atoms with E-state index in [0.717, 1.165) is 0 Å². The molecular weight excluding hydrogens is 345 g/mol. The van der Waals surface area contributed by atoms with E-state index in [1.165, 1.54) is 6.07 Å². The van der Waals surface area contributed by atoms with Gasteiger partial charge >= 0.3 is 0 Å². The molecule has 1 heterocycles. The third-order valence-corrected chi connectivity index (χ3v) is 5.68. The van der Waals surface area contributed by atoms with Gasteiger partial charge < -0.3 is 4.84 Å². The van der Waals surface area contributed by atoms with Gasteiger partial charge in [-0.15, -0.1) is 11.6 Å². The number of hydrogen-bond donors (Lipinski definition) is 0. The fraction of sp³-hybridized carbons (Fsp3) is 0.417. The van der Waals surface area contributed by atoms with Crippen LogP contribution in [-0.4, -0.2) is 24.9 Å². The number of alkyl halides is 1. The van der Waals surface area contributed by atoms with Crippen molar-refractivity contribution in [2.45, 2.75) is 24.7 Å². The Bertz CT molecular complexity index is 660. The Morgan fingerprint density at radius 2 is 2.10 bits per heavy atom. The topological polar surface area (TPSA) is 55.7 Å². The van der Waals surface area contributed by atoms with E-state index in [4.69, 9.17) is 39.6 Å². The van der Waals surface area contributed by atoms with Gasteiger partial charge in [-0.3, -0.25) is 0 Å². The quantitative estimate of drug-likeness (QED) is 0.777. The summed E-state index contributed by atoms with van der Waals surface area (Å²) >= 11 is 17.5. The molecule has 0 bridgehead atoms. The summed E-state index contributed by atoms with van der Waals surface area (Å²) in [6.45, 7) is 1.71. The van der Waals surface area contributed by atoms with Crippen LogP contribution >= 0.6 is 34.8 Å². The molecular formula is C12H12Cl3NO3S. The van der Waals surface area contributed by atoms with Gasteiger partial charge in [-0.1, -0.05) is 34.4 Å². The number of sulfone groups is 1. The molecule has 0 amide bonds. The van der Waals surface area contributed by atoms with Crippen LogP contribution in [0.2, 0.25) is 10.0 Å². The second kappa shape index (κ2) is 5.72. The smallest absolute Gasteiger partial charge is 0.199 e. The highest BCUT2D eigenvalue weighted by Crippen LogP contribution is 2.29. The second-order valence-corrected chi connectivity index (χ2v) is 7.93. The molecule has 0 aromatic heterocycles. The number of rotatable bonds is 3. The predicted octanol–water partition coefficient (Wildman–Crippen LogP) is 3.64. The van der Waals surface area contributed by atoms with Gasteiger partial charge in [-0.05, 0) is 24.6 Å².